The monoisotopic (exact) mass is 387 g/mol. The van der Waals surface area contributed by atoms with Gasteiger partial charge in [0.1, 0.15) is 12.7 Å². The topological polar surface area (TPSA) is 96.3 Å². The van der Waals surface area contributed by atoms with Crippen molar-refractivity contribution >= 4 is 24.3 Å². The van der Waals surface area contributed by atoms with Crippen LogP contribution in [0.3, 0.4) is 0 Å². The molecule has 4 atom stereocenters. The number of cyclic esters (lactones) is 1. The number of aliphatic hydroxyl groups is 2. The van der Waals surface area contributed by atoms with Crippen LogP contribution in [0.5, 0.6) is 0 Å². The van der Waals surface area contributed by atoms with Crippen molar-refractivity contribution in [3.05, 3.63) is 23.3 Å². The first-order chi connectivity index (χ1) is 11.9. The van der Waals surface area contributed by atoms with Crippen molar-refractivity contribution in [1.29, 1.82) is 0 Å². The minimum atomic E-state index is -2.05. The zero-order valence-corrected chi connectivity index (χ0v) is 15.8. The van der Waals surface area contributed by atoms with Crippen LogP contribution in [0.15, 0.2) is 23.3 Å². The number of esters is 2. The van der Waals surface area contributed by atoms with Gasteiger partial charge in [0.2, 0.25) is 0 Å². The number of hydrogen-bond acceptors (Lipinski definition) is 7. The number of hydrogen-bond donors (Lipinski definition) is 2. The van der Waals surface area contributed by atoms with Crippen molar-refractivity contribution < 1.29 is 29.3 Å². The van der Waals surface area contributed by atoms with Gasteiger partial charge in [0, 0.05) is 24.6 Å². The maximum absolute atomic E-state index is 12.6. The molecule has 146 valence electrons. The Balaban J connectivity index is 0.00000243. The fourth-order valence-electron chi connectivity index (χ4n) is 3.85. The van der Waals surface area contributed by atoms with Crippen LogP contribution in [-0.2, 0) is 19.1 Å². The lowest BCUT2D eigenvalue weighted by atomic mass is 9.84. The summed E-state index contributed by atoms with van der Waals surface area (Å²) in [4.78, 5) is 27.2. The summed E-state index contributed by atoms with van der Waals surface area (Å²) in [6.45, 7) is 4.12. The number of allylic oxidation sites excluding steroid dienone is 1. The molecule has 3 rings (SSSR count). The molecule has 3 heterocycles. The van der Waals surface area contributed by atoms with Crippen molar-refractivity contribution in [3.8, 4) is 0 Å². The van der Waals surface area contributed by atoms with E-state index in [0.717, 1.165) is 25.1 Å². The quantitative estimate of drug-likeness (QED) is 0.386. The van der Waals surface area contributed by atoms with Gasteiger partial charge in [-0.3, -0.25) is 4.90 Å². The average molecular weight is 388 g/mol. The molecule has 0 radical (unpaired) electrons. The molecule has 0 aromatic rings. The number of halogens is 1. The van der Waals surface area contributed by atoms with Crippen molar-refractivity contribution in [1.82, 2.24) is 4.90 Å². The van der Waals surface area contributed by atoms with Crippen LogP contribution >= 0.6 is 12.4 Å². The lowest BCUT2D eigenvalue weighted by Crippen LogP contribution is -2.50. The van der Waals surface area contributed by atoms with E-state index in [1.165, 1.54) is 0 Å². The predicted octanol–water partition coefficient (Wildman–Crippen LogP) is 0.587. The average Bonchev–Trinajstić information content (AvgIpc) is 3.18. The van der Waals surface area contributed by atoms with Crippen LogP contribution in [0, 0.1) is 5.92 Å². The first-order valence-corrected chi connectivity index (χ1v) is 8.70. The molecule has 7 nitrogen and oxygen atoms in total. The Kier molecular flexibility index (Phi) is 6.50. The van der Waals surface area contributed by atoms with Crippen molar-refractivity contribution in [2.45, 2.75) is 44.4 Å². The Morgan fingerprint density at radius 2 is 2.15 bits per heavy atom. The third kappa shape index (κ3) is 3.53. The predicted molar refractivity (Wildman–Crippen MR) is 95.7 cm³/mol. The molecule has 2 N–H and O–H groups in total. The SMILES string of the molecule is C/C=C1\C[C@@H](C)[C@](O)(CO)C(=O)OCC2=CCN3CC[C@@H](OC1=O)[C@@H]23.Cl. The highest BCUT2D eigenvalue weighted by Crippen LogP contribution is 2.34. The molecule has 0 spiro atoms. The first-order valence-electron chi connectivity index (χ1n) is 8.70. The Hall–Kier alpha value is -1.41. The number of carbonyl (C=O) groups is 2. The van der Waals surface area contributed by atoms with E-state index in [4.69, 9.17) is 9.47 Å². The Labute approximate surface area is 159 Å². The molecule has 0 unspecified atom stereocenters. The molecule has 8 heteroatoms. The Bertz CT molecular complexity index is 633. The largest absolute Gasteiger partial charge is 0.459 e. The van der Waals surface area contributed by atoms with Gasteiger partial charge in [-0.25, -0.2) is 9.59 Å². The third-order valence-electron chi connectivity index (χ3n) is 5.59. The fourth-order valence-corrected chi connectivity index (χ4v) is 3.85. The second-order valence-electron chi connectivity index (χ2n) is 7.03. The molecule has 2 saturated heterocycles. The van der Waals surface area contributed by atoms with Gasteiger partial charge in [-0.15, -0.1) is 12.4 Å². The lowest BCUT2D eigenvalue weighted by Gasteiger charge is -2.32. The number of rotatable bonds is 1. The van der Waals surface area contributed by atoms with Crippen LogP contribution in [0.25, 0.3) is 0 Å². The van der Waals surface area contributed by atoms with E-state index in [9.17, 15) is 19.8 Å². The van der Waals surface area contributed by atoms with Gasteiger partial charge >= 0.3 is 11.9 Å². The standard InChI is InChI=1S/C18H25NO6.ClH/c1-3-12-8-11(2)18(23,10-20)17(22)24-9-13-4-6-19-7-5-14(15(13)19)25-16(12)21;/h3-4,11,14-15,20,23H,5-10H2,1-2H3;1H/b12-3+;/t11-,14-,15-,18-;/m1./s1. The summed E-state index contributed by atoms with van der Waals surface area (Å²) in [6.07, 6.45) is 4.20. The van der Waals surface area contributed by atoms with Crippen molar-refractivity contribution in [2.75, 3.05) is 26.3 Å². The maximum Gasteiger partial charge on any atom is 0.341 e. The van der Waals surface area contributed by atoms with Gasteiger partial charge in [-0.1, -0.05) is 19.1 Å². The summed E-state index contributed by atoms with van der Waals surface area (Å²) in [5, 5.41) is 20.2. The molecule has 0 amide bonds. The van der Waals surface area contributed by atoms with Gasteiger partial charge in [0.05, 0.1) is 12.6 Å². The molecule has 3 aliphatic rings. The molecule has 3 aliphatic heterocycles. The van der Waals surface area contributed by atoms with Gasteiger partial charge in [-0.05, 0) is 25.3 Å². The third-order valence-corrected chi connectivity index (χ3v) is 5.59. The minimum absolute atomic E-state index is 0. The number of nitrogens with zero attached hydrogens (tertiary/aromatic N) is 1. The fraction of sp³-hybridized carbons (Fsp3) is 0.667. The first kappa shape index (κ1) is 20.9. The van der Waals surface area contributed by atoms with Crippen LogP contribution in [-0.4, -0.2) is 71.1 Å². The smallest absolute Gasteiger partial charge is 0.341 e. The van der Waals surface area contributed by atoms with Gasteiger partial charge in [-0.2, -0.15) is 0 Å². The molecule has 2 fully saturated rings. The lowest BCUT2D eigenvalue weighted by molar-refractivity contribution is -0.176. The highest BCUT2D eigenvalue weighted by molar-refractivity contribution is 5.89. The van der Waals surface area contributed by atoms with Crippen molar-refractivity contribution in [3.63, 3.8) is 0 Å². The molecule has 0 bridgehead atoms. The van der Waals surface area contributed by atoms with E-state index < -0.39 is 30.1 Å². The maximum atomic E-state index is 12.6. The van der Waals surface area contributed by atoms with E-state index in [-0.39, 0.29) is 37.6 Å². The Morgan fingerprint density at radius 3 is 2.81 bits per heavy atom. The van der Waals surface area contributed by atoms with E-state index >= 15 is 0 Å². The molecular formula is C18H26ClNO6. The molecule has 0 saturated carbocycles. The molecule has 0 aromatic carbocycles. The van der Waals surface area contributed by atoms with Crippen LogP contribution in [0.4, 0.5) is 0 Å². The second-order valence-corrected chi connectivity index (χ2v) is 7.03. The zero-order chi connectivity index (χ0) is 18.2. The van der Waals surface area contributed by atoms with E-state index in [0.29, 0.717) is 5.57 Å². The highest BCUT2D eigenvalue weighted by Gasteiger charge is 2.46. The Morgan fingerprint density at radius 1 is 1.42 bits per heavy atom. The van der Waals surface area contributed by atoms with Gasteiger partial charge in [0.25, 0.3) is 0 Å². The van der Waals surface area contributed by atoms with Gasteiger partial charge < -0.3 is 19.7 Å². The summed E-state index contributed by atoms with van der Waals surface area (Å²) < 4.78 is 11.1. The summed E-state index contributed by atoms with van der Waals surface area (Å²) in [5.74, 6) is -1.99. The zero-order valence-electron chi connectivity index (χ0n) is 15.0. The summed E-state index contributed by atoms with van der Waals surface area (Å²) in [6, 6.07) is -0.0890. The number of carbonyl (C=O) groups excluding carboxylic acids is 2. The number of aliphatic hydroxyl groups excluding tert-OH is 1. The van der Waals surface area contributed by atoms with E-state index in [1.54, 1.807) is 19.9 Å². The van der Waals surface area contributed by atoms with Gasteiger partial charge in [0.15, 0.2) is 5.60 Å². The molecule has 26 heavy (non-hydrogen) atoms. The summed E-state index contributed by atoms with van der Waals surface area (Å²) in [7, 11) is 0. The normalized spacial score (nSPS) is 37.0. The minimum Gasteiger partial charge on any atom is -0.459 e. The second kappa shape index (κ2) is 8.08. The van der Waals surface area contributed by atoms with Crippen LogP contribution < -0.4 is 0 Å². The summed E-state index contributed by atoms with van der Waals surface area (Å²) in [5.41, 5.74) is -0.796. The highest BCUT2D eigenvalue weighted by atomic mass is 35.5. The van der Waals surface area contributed by atoms with E-state index in [2.05, 4.69) is 4.90 Å². The summed E-state index contributed by atoms with van der Waals surface area (Å²) >= 11 is 0. The van der Waals surface area contributed by atoms with Crippen LogP contribution in [0.2, 0.25) is 0 Å². The molecule has 0 aliphatic carbocycles. The number of ether oxygens (including phenoxy) is 2. The van der Waals surface area contributed by atoms with Crippen molar-refractivity contribution in [2.24, 2.45) is 5.92 Å². The van der Waals surface area contributed by atoms with Crippen LogP contribution in [0.1, 0.15) is 26.7 Å². The van der Waals surface area contributed by atoms with E-state index in [1.807, 2.05) is 6.08 Å². The molecular weight excluding hydrogens is 362 g/mol. The molecule has 0 aromatic heterocycles.